The number of carbonyl (C=O) groups is 1. The summed E-state index contributed by atoms with van der Waals surface area (Å²) in [6.45, 7) is 2.79. The van der Waals surface area contributed by atoms with Gasteiger partial charge in [-0.2, -0.15) is 0 Å². The highest BCUT2D eigenvalue weighted by molar-refractivity contribution is 5.75. The van der Waals surface area contributed by atoms with Gasteiger partial charge < -0.3 is 10.2 Å². The van der Waals surface area contributed by atoms with Gasteiger partial charge in [0.1, 0.15) is 6.04 Å². The first kappa shape index (κ1) is 13.1. The Kier molecular flexibility index (Phi) is 3.99. The van der Waals surface area contributed by atoms with Crippen molar-refractivity contribution in [3.63, 3.8) is 0 Å². The number of aliphatic hydroxyl groups is 1. The molecule has 2 N–H and O–H groups in total. The molecule has 0 aliphatic carbocycles. The van der Waals surface area contributed by atoms with E-state index in [9.17, 15) is 15.0 Å². The fraction of sp³-hybridized carbons (Fsp3) is 0.500. The number of nitrogens with zero attached hydrogens (tertiary/aromatic N) is 1. The molecule has 1 aromatic carbocycles. The van der Waals surface area contributed by atoms with Crippen LogP contribution in [0.1, 0.15) is 24.9 Å². The molecule has 0 bridgehead atoms. The van der Waals surface area contributed by atoms with Crippen LogP contribution in [-0.2, 0) is 4.79 Å². The topological polar surface area (TPSA) is 60.8 Å². The predicted molar refractivity (Wildman–Crippen MR) is 68.2 cm³/mol. The van der Waals surface area contributed by atoms with Crippen LogP contribution in [0.2, 0.25) is 0 Å². The van der Waals surface area contributed by atoms with Gasteiger partial charge in [-0.1, -0.05) is 37.3 Å². The zero-order valence-electron chi connectivity index (χ0n) is 10.5. The molecule has 4 nitrogen and oxygen atoms in total. The van der Waals surface area contributed by atoms with Crippen molar-refractivity contribution in [2.24, 2.45) is 5.92 Å². The molecule has 3 atom stereocenters. The van der Waals surface area contributed by atoms with Crippen LogP contribution in [0.4, 0.5) is 0 Å². The SMILES string of the molecule is CC1CCN(C(C(=O)O)c2ccccc2)C1CO. The monoisotopic (exact) mass is 249 g/mol. The molecular weight excluding hydrogens is 230 g/mol. The molecule has 3 unspecified atom stereocenters. The van der Waals surface area contributed by atoms with Crippen molar-refractivity contribution in [3.8, 4) is 0 Å². The number of hydrogen-bond donors (Lipinski definition) is 2. The summed E-state index contributed by atoms with van der Waals surface area (Å²) in [5.41, 5.74) is 0.776. The first-order valence-electron chi connectivity index (χ1n) is 6.29. The molecule has 0 saturated carbocycles. The van der Waals surface area contributed by atoms with Crippen LogP contribution in [-0.4, -0.2) is 40.3 Å². The molecule has 0 amide bonds. The molecule has 0 radical (unpaired) electrons. The highest BCUT2D eigenvalue weighted by atomic mass is 16.4. The Balaban J connectivity index is 2.29. The normalized spacial score (nSPS) is 26.1. The molecule has 18 heavy (non-hydrogen) atoms. The summed E-state index contributed by atoms with van der Waals surface area (Å²) in [4.78, 5) is 13.4. The lowest BCUT2D eigenvalue weighted by molar-refractivity contribution is -0.144. The predicted octanol–water partition coefficient (Wildman–Crippen LogP) is 1.51. The molecule has 1 aromatic rings. The van der Waals surface area contributed by atoms with Crippen molar-refractivity contribution in [2.75, 3.05) is 13.2 Å². The first-order chi connectivity index (χ1) is 8.65. The fourth-order valence-corrected chi connectivity index (χ4v) is 2.75. The largest absolute Gasteiger partial charge is 0.480 e. The summed E-state index contributed by atoms with van der Waals surface area (Å²) in [6, 6.07) is 8.50. The number of hydrogen-bond acceptors (Lipinski definition) is 3. The quantitative estimate of drug-likeness (QED) is 0.849. The third-order valence-corrected chi connectivity index (χ3v) is 3.79. The van der Waals surface area contributed by atoms with Crippen LogP contribution < -0.4 is 0 Å². The molecule has 2 rings (SSSR count). The van der Waals surface area contributed by atoms with Gasteiger partial charge >= 0.3 is 5.97 Å². The third kappa shape index (κ3) is 2.40. The van der Waals surface area contributed by atoms with E-state index in [2.05, 4.69) is 6.92 Å². The molecule has 0 spiro atoms. The number of aliphatic carboxylic acids is 1. The van der Waals surface area contributed by atoms with E-state index in [0.29, 0.717) is 5.92 Å². The van der Waals surface area contributed by atoms with Crippen LogP contribution in [0.5, 0.6) is 0 Å². The minimum Gasteiger partial charge on any atom is -0.480 e. The highest BCUT2D eigenvalue weighted by Gasteiger charge is 2.38. The van der Waals surface area contributed by atoms with E-state index in [1.165, 1.54) is 0 Å². The lowest BCUT2D eigenvalue weighted by atomic mass is 10.0. The average molecular weight is 249 g/mol. The summed E-state index contributed by atoms with van der Waals surface area (Å²) < 4.78 is 0. The zero-order valence-corrected chi connectivity index (χ0v) is 10.5. The molecule has 1 aliphatic heterocycles. The zero-order chi connectivity index (χ0) is 13.1. The second kappa shape index (κ2) is 5.50. The highest BCUT2D eigenvalue weighted by Crippen LogP contribution is 2.32. The van der Waals surface area contributed by atoms with Crippen LogP contribution >= 0.6 is 0 Å². The van der Waals surface area contributed by atoms with Crippen LogP contribution in [0, 0.1) is 5.92 Å². The molecule has 0 aromatic heterocycles. The van der Waals surface area contributed by atoms with Crippen LogP contribution in [0.25, 0.3) is 0 Å². The van der Waals surface area contributed by atoms with Gasteiger partial charge in [0, 0.05) is 12.6 Å². The van der Waals surface area contributed by atoms with Gasteiger partial charge in [0.2, 0.25) is 0 Å². The lowest BCUT2D eigenvalue weighted by Crippen LogP contribution is -2.41. The molecule has 1 fully saturated rings. The average Bonchev–Trinajstić information content (AvgIpc) is 2.71. The summed E-state index contributed by atoms with van der Waals surface area (Å²) >= 11 is 0. The summed E-state index contributed by atoms with van der Waals surface area (Å²) in [5, 5.41) is 18.9. The number of rotatable bonds is 4. The number of carboxylic acid groups (broad SMARTS) is 1. The summed E-state index contributed by atoms with van der Waals surface area (Å²) in [7, 11) is 0. The second-order valence-corrected chi connectivity index (χ2v) is 4.91. The Hall–Kier alpha value is -1.39. The number of likely N-dealkylation sites (tertiary alicyclic amines) is 1. The fourth-order valence-electron chi connectivity index (χ4n) is 2.75. The molecular formula is C14H19NO3. The van der Waals surface area contributed by atoms with Gasteiger partial charge in [-0.05, 0) is 17.9 Å². The van der Waals surface area contributed by atoms with Gasteiger partial charge in [-0.3, -0.25) is 9.69 Å². The Morgan fingerprint density at radius 3 is 2.67 bits per heavy atom. The third-order valence-electron chi connectivity index (χ3n) is 3.79. The minimum atomic E-state index is -0.853. The van der Waals surface area contributed by atoms with Crippen LogP contribution in [0.15, 0.2) is 30.3 Å². The van der Waals surface area contributed by atoms with Gasteiger partial charge in [-0.25, -0.2) is 0 Å². The van der Waals surface area contributed by atoms with Gasteiger partial charge in [0.15, 0.2) is 0 Å². The van der Waals surface area contributed by atoms with Crippen molar-refractivity contribution < 1.29 is 15.0 Å². The maximum absolute atomic E-state index is 11.5. The van der Waals surface area contributed by atoms with Gasteiger partial charge in [0.25, 0.3) is 0 Å². The lowest BCUT2D eigenvalue weighted by Gasteiger charge is -2.31. The van der Waals surface area contributed by atoms with Crippen LogP contribution in [0.3, 0.4) is 0 Å². The van der Waals surface area contributed by atoms with Crippen molar-refractivity contribution in [3.05, 3.63) is 35.9 Å². The van der Waals surface area contributed by atoms with E-state index in [1.807, 2.05) is 35.2 Å². The van der Waals surface area contributed by atoms with Crippen molar-refractivity contribution >= 4 is 5.97 Å². The molecule has 98 valence electrons. The van der Waals surface area contributed by atoms with E-state index in [0.717, 1.165) is 18.5 Å². The molecule has 1 heterocycles. The second-order valence-electron chi connectivity index (χ2n) is 4.91. The maximum Gasteiger partial charge on any atom is 0.325 e. The smallest absolute Gasteiger partial charge is 0.325 e. The van der Waals surface area contributed by atoms with Crippen molar-refractivity contribution in [1.82, 2.24) is 4.90 Å². The number of aliphatic hydroxyl groups excluding tert-OH is 1. The Bertz CT molecular complexity index is 407. The summed E-state index contributed by atoms with van der Waals surface area (Å²) in [6.07, 6.45) is 0.932. The standard InChI is InChI=1S/C14H19NO3/c1-10-7-8-15(12(10)9-16)13(14(17)18)11-5-3-2-4-6-11/h2-6,10,12-13,16H,7-9H2,1H3,(H,17,18). The Labute approximate surface area is 107 Å². The first-order valence-corrected chi connectivity index (χ1v) is 6.29. The molecule has 1 saturated heterocycles. The Morgan fingerprint density at radius 1 is 1.44 bits per heavy atom. The van der Waals surface area contributed by atoms with E-state index < -0.39 is 12.0 Å². The minimum absolute atomic E-state index is 0.0117. The van der Waals surface area contributed by atoms with E-state index in [4.69, 9.17) is 0 Å². The molecule has 4 heteroatoms. The number of carboxylic acids is 1. The van der Waals surface area contributed by atoms with E-state index in [1.54, 1.807) is 0 Å². The van der Waals surface area contributed by atoms with Gasteiger partial charge in [0.05, 0.1) is 6.61 Å². The van der Waals surface area contributed by atoms with Gasteiger partial charge in [-0.15, -0.1) is 0 Å². The summed E-state index contributed by atoms with van der Waals surface area (Å²) in [5.74, 6) is -0.519. The van der Waals surface area contributed by atoms with E-state index in [-0.39, 0.29) is 12.6 Å². The van der Waals surface area contributed by atoms with Crippen molar-refractivity contribution in [1.29, 1.82) is 0 Å². The molecule has 1 aliphatic rings. The van der Waals surface area contributed by atoms with E-state index >= 15 is 0 Å². The maximum atomic E-state index is 11.5. The Morgan fingerprint density at radius 2 is 2.11 bits per heavy atom. The number of benzene rings is 1. The van der Waals surface area contributed by atoms with Crippen molar-refractivity contribution in [2.45, 2.75) is 25.4 Å².